The van der Waals surface area contributed by atoms with E-state index in [1.807, 2.05) is 35.2 Å². The Morgan fingerprint density at radius 1 is 0.880 bits per heavy atom. The van der Waals surface area contributed by atoms with Gasteiger partial charge in [-0.3, -0.25) is 0 Å². The topological polar surface area (TPSA) is 9.23 Å². The molecule has 0 atom stereocenters. The standard InChI is InChI=1S/C22H24OS2/c1-22(2,3)17-7-11-19(12-8-17)24-21-14-13-20(25-21)15-16-5-9-18(23-4)10-6-16/h5-14H,15H2,1-4H3. The van der Waals surface area contributed by atoms with Crippen molar-refractivity contribution >= 4 is 23.1 Å². The molecule has 25 heavy (non-hydrogen) atoms. The van der Waals surface area contributed by atoms with Crippen LogP contribution in [0, 0.1) is 0 Å². The third-order valence-corrected chi connectivity index (χ3v) is 6.34. The van der Waals surface area contributed by atoms with Gasteiger partial charge in [-0.25, -0.2) is 0 Å². The fraction of sp³-hybridized carbons (Fsp3) is 0.273. The van der Waals surface area contributed by atoms with Crippen LogP contribution in [-0.4, -0.2) is 7.11 Å². The molecule has 0 N–H and O–H groups in total. The molecule has 0 fully saturated rings. The van der Waals surface area contributed by atoms with Crippen LogP contribution in [0.25, 0.3) is 0 Å². The molecule has 0 unspecified atom stereocenters. The Labute approximate surface area is 159 Å². The average Bonchev–Trinajstić information content (AvgIpc) is 3.02. The summed E-state index contributed by atoms with van der Waals surface area (Å²) in [5, 5.41) is 0. The second-order valence-electron chi connectivity index (χ2n) is 7.12. The summed E-state index contributed by atoms with van der Waals surface area (Å²) in [6.45, 7) is 6.75. The van der Waals surface area contributed by atoms with Crippen molar-refractivity contribution in [2.45, 2.75) is 41.7 Å². The number of hydrogen-bond acceptors (Lipinski definition) is 3. The molecule has 0 aliphatic carbocycles. The minimum Gasteiger partial charge on any atom is -0.497 e. The van der Waals surface area contributed by atoms with E-state index in [2.05, 4.69) is 69.3 Å². The van der Waals surface area contributed by atoms with Gasteiger partial charge < -0.3 is 4.74 Å². The minimum absolute atomic E-state index is 0.206. The normalized spacial score (nSPS) is 11.5. The van der Waals surface area contributed by atoms with Crippen molar-refractivity contribution in [3.63, 3.8) is 0 Å². The summed E-state index contributed by atoms with van der Waals surface area (Å²) in [7, 11) is 1.70. The van der Waals surface area contributed by atoms with E-state index < -0.39 is 0 Å². The zero-order valence-electron chi connectivity index (χ0n) is 15.2. The van der Waals surface area contributed by atoms with Crippen LogP contribution >= 0.6 is 23.1 Å². The lowest BCUT2D eigenvalue weighted by atomic mass is 9.87. The van der Waals surface area contributed by atoms with Gasteiger partial charge in [0.2, 0.25) is 0 Å². The lowest BCUT2D eigenvalue weighted by molar-refractivity contribution is 0.414. The van der Waals surface area contributed by atoms with Crippen molar-refractivity contribution in [1.29, 1.82) is 0 Å². The molecule has 1 heterocycles. The zero-order valence-corrected chi connectivity index (χ0v) is 16.8. The van der Waals surface area contributed by atoms with Gasteiger partial charge >= 0.3 is 0 Å². The average molecular weight is 369 g/mol. The molecule has 0 radical (unpaired) electrons. The molecule has 0 aliphatic heterocycles. The van der Waals surface area contributed by atoms with Gasteiger partial charge in [0.1, 0.15) is 5.75 Å². The van der Waals surface area contributed by atoms with Gasteiger partial charge in [0.25, 0.3) is 0 Å². The first-order valence-electron chi connectivity index (χ1n) is 8.44. The first-order chi connectivity index (χ1) is 11.9. The van der Waals surface area contributed by atoms with Crippen molar-refractivity contribution in [2.24, 2.45) is 0 Å². The van der Waals surface area contributed by atoms with Crippen molar-refractivity contribution in [2.75, 3.05) is 7.11 Å². The molecule has 0 saturated carbocycles. The summed E-state index contributed by atoms with van der Waals surface area (Å²) in [4.78, 5) is 2.69. The van der Waals surface area contributed by atoms with Crippen LogP contribution in [-0.2, 0) is 11.8 Å². The van der Waals surface area contributed by atoms with E-state index in [-0.39, 0.29) is 5.41 Å². The predicted octanol–water partition coefficient (Wildman–Crippen LogP) is 6.80. The van der Waals surface area contributed by atoms with Gasteiger partial charge in [-0.05, 0) is 52.9 Å². The molecular formula is C22H24OS2. The highest BCUT2D eigenvalue weighted by molar-refractivity contribution is 8.01. The van der Waals surface area contributed by atoms with Crippen LogP contribution in [0.1, 0.15) is 36.8 Å². The molecule has 0 amide bonds. The Balaban J connectivity index is 1.65. The zero-order chi connectivity index (χ0) is 17.9. The molecule has 130 valence electrons. The maximum atomic E-state index is 5.22. The van der Waals surface area contributed by atoms with Crippen LogP contribution in [0.5, 0.6) is 5.75 Å². The number of benzene rings is 2. The highest BCUT2D eigenvalue weighted by Gasteiger charge is 2.13. The second kappa shape index (κ2) is 7.67. The molecular weight excluding hydrogens is 344 g/mol. The number of thiophene rings is 1. The molecule has 3 aromatic rings. The van der Waals surface area contributed by atoms with Crippen LogP contribution in [0.3, 0.4) is 0 Å². The molecule has 1 aromatic heterocycles. The quantitative estimate of drug-likeness (QED) is 0.490. The highest BCUT2D eigenvalue weighted by atomic mass is 32.2. The molecule has 0 saturated heterocycles. The minimum atomic E-state index is 0.206. The first kappa shape index (κ1) is 18.1. The maximum Gasteiger partial charge on any atom is 0.118 e. The maximum absolute atomic E-state index is 5.22. The molecule has 1 nitrogen and oxygen atoms in total. The van der Waals surface area contributed by atoms with Crippen molar-refractivity contribution in [3.05, 3.63) is 76.7 Å². The second-order valence-corrected chi connectivity index (χ2v) is 9.66. The van der Waals surface area contributed by atoms with Gasteiger partial charge in [0.05, 0.1) is 11.3 Å². The molecule has 3 heteroatoms. The van der Waals surface area contributed by atoms with E-state index in [0.29, 0.717) is 0 Å². The monoisotopic (exact) mass is 368 g/mol. The lowest BCUT2D eigenvalue weighted by Gasteiger charge is -2.18. The largest absolute Gasteiger partial charge is 0.497 e. The first-order valence-corrected chi connectivity index (χ1v) is 10.1. The Kier molecular flexibility index (Phi) is 5.55. The third kappa shape index (κ3) is 4.90. The number of methoxy groups -OCH3 is 1. The summed E-state index contributed by atoms with van der Waals surface area (Å²) < 4.78 is 6.56. The van der Waals surface area contributed by atoms with Crippen molar-refractivity contribution < 1.29 is 4.74 Å². The van der Waals surface area contributed by atoms with E-state index >= 15 is 0 Å². The lowest BCUT2D eigenvalue weighted by Crippen LogP contribution is -2.10. The van der Waals surface area contributed by atoms with Gasteiger partial charge in [-0.2, -0.15) is 0 Å². The third-order valence-electron chi connectivity index (χ3n) is 4.11. The molecule has 0 spiro atoms. The fourth-order valence-corrected chi connectivity index (χ4v) is 4.78. The van der Waals surface area contributed by atoms with Gasteiger partial charge in [-0.15, -0.1) is 11.3 Å². The molecule has 3 rings (SSSR count). The summed E-state index contributed by atoms with van der Waals surface area (Å²) in [5.41, 5.74) is 2.90. The van der Waals surface area contributed by atoms with E-state index in [0.717, 1.165) is 12.2 Å². The van der Waals surface area contributed by atoms with E-state index in [1.54, 1.807) is 7.11 Å². The number of hydrogen-bond donors (Lipinski definition) is 0. The van der Waals surface area contributed by atoms with Crippen molar-refractivity contribution in [3.8, 4) is 5.75 Å². The molecule has 2 aromatic carbocycles. The van der Waals surface area contributed by atoms with Gasteiger partial charge in [0.15, 0.2) is 0 Å². The van der Waals surface area contributed by atoms with E-state index in [1.165, 1.54) is 25.1 Å². The Morgan fingerprint density at radius 2 is 1.56 bits per heavy atom. The smallest absolute Gasteiger partial charge is 0.118 e. The van der Waals surface area contributed by atoms with Crippen LogP contribution in [0.4, 0.5) is 0 Å². The van der Waals surface area contributed by atoms with E-state index in [9.17, 15) is 0 Å². The van der Waals surface area contributed by atoms with E-state index in [4.69, 9.17) is 4.74 Å². The summed E-state index contributed by atoms with van der Waals surface area (Å²) in [6, 6.07) is 21.7. The number of rotatable bonds is 5. The Hall–Kier alpha value is -1.71. The van der Waals surface area contributed by atoms with Gasteiger partial charge in [-0.1, -0.05) is 56.8 Å². The molecule has 0 aliphatic rings. The van der Waals surface area contributed by atoms with Crippen LogP contribution < -0.4 is 4.74 Å². The van der Waals surface area contributed by atoms with Crippen LogP contribution in [0.2, 0.25) is 0 Å². The Morgan fingerprint density at radius 3 is 2.16 bits per heavy atom. The number of ether oxygens (including phenoxy) is 1. The fourth-order valence-electron chi connectivity index (χ4n) is 2.59. The van der Waals surface area contributed by atoms with Crippen molar-refractivity contribution in [1.82, 2.24) is 0 Å². The summed E-state index contributed by atoms with van der Waals surface area (Å²) >= 11 is 3.72. The summed E-state index contributed by atoms with van der Waals surface area (Å²) in [5.74, 6) is 0.907. The van der Waals surface area contributed by atoms with Crippen LogP contribution in [0.15, 0.2) is 69.8 Å². The molecule has 0 bridgehead atoms. The summed E-state index contributed by atoms with van der Waals surface area (Å²) in [6.07, 6.45) is 0.970. The predicted molar refractivity (Wildman–Crippen MR) is 109 cm³/mol. The Bertz CT molecular complexity index is 808. The SMILES string of the molecule is COc1ccc(Cc2ccc(Sc3ccc(C(C)(C)C)cc3)s2)cc1. The van der Waals surface area contributed by atoms with Gasteiger partial charge in [0, 0.05) is 16.2 Å². The highest BCUT2D eigenvalue weighted by Crippen LogP contribution is 2.35.